The highest BCUT2D eigenvalue weighted by Crippen LogP contribution is 2.45. The zero-order valence-corrected chi connectivity index (χ0v) is 17.6. The maximum atomic E-state index is 12.8. The summed E-state index contributed by atoms with van der Waals surface area (Å²) in [5, 5.41) is 7.43. The zero-order chi connectivity index (χ0) is 22.1. The summed E-state index contributed by atoms with van der Waals surface area (Å²) >= 11 is 0. The molecule has 2 aromatic carbocycles. The van der Waals surface area contributed by atoms with Gasteiger partial charge in [-0.2, -0.15) is 0 Å². The van der Waals surface area contributed by atoms with Crippen LogP contribution in [0.5, 0.6) is 0 Å². The summed E-state index contributed by atoms with van der Waals surface area (Å²) in [6, 6.07) is 17.6. The number of carbonyl (C=O) groups excluding carboxylic acids is 1. The van der Waals surface area contributed by atoms with E-state index < -0.39 is 5.54 Å². The summed E-state index contributed by atoms with van der Waals surface area (Å²) in [5.41, 5.74) is 2.92. The van der Waals surface area contributed by atoms with Gasteiger partial charge in [-0.05, 0) is 29.5 Å². The molecule has 0 unspecified atom stereocenters. The largest absolute Gasteiger partial charge is 0.340 e. The van der Waals surface area contributed by atoms with Gasteiger partial charge in [-0.3, -0.25) is 9.59 Å². The quantitative estimate of drug-likeness (QED) is 0.511. The van der Waals surface area contributed by atoms with Crippen molar-refractivity contribution in [3.63, 3.8) is 0 Å². The summed E-state index contributed by atoms with van der Waals surface area (Å²) in [6.07, 6.45) is 6.33. The Balaban J connectivity index is 1.30. The van der Waals surface area contributed by atoms with Gasteiger partial charge < -0.3 is 9.88 Å². The van der Waals surface area contributed by atoms with Crippen molar-refractivity contribution in [2.75, 3.05) is 0 Å². The van der Waals surface area contributed by atoms with E-state index in [1.807, 2.05) is 54.6 Å². The molecule has 5 rings (SSSR count). The molecule has 8 heteroatoms. The standard InChI is InChI=1S/C24H22N6O2/c1-29-15-25-13-20(23(29)32)18-7-9-19(10-8-18)24(11-12-24)27-22(31)21-26-16-30(28-21)14-17-5-3-2-4-6-17/h2-10,13,15-16H,11-12,14H2,1H3,(H,27,31). The number of hydrogen-bond acceptors (Lipinski definition) is 5. The molecule has 0 spiro atoms. The minimum absolute atomic E-state index is 0.0978. The first kappa shape index (κ1) is 19.9. The van der Waals surface area contributed by atoms with Crippen molar-refractivity contribution >= 4 is 5.91 Å². The predicted molar refractivity (Wildman–Crippen MR) is 119 cm³/mol. The van der Waals surface area contributed by atoms with Gasteiger partial charge in [-0.1, -0.05) is 54.6 Å². The van der Waals surface area contributed by atoms with E-state index in [4.69, 9.17) is 0 Å². The second kappa shape index (κ2) is 7.88. The lowest BCUT2D eigenvalue weighted by Gasteiger charge is -2.17. The van der Waals surface area contributed by atoms with Gasteiger partial charge in [0.1, 0.15) is 6.33 Å². The minimum Gasteiger partial charge on any atom is -0.340 e. The first-order valence-corrected chi connectivity index (χ1v) is 10.4. The Morgan fingerprint density at radius 2 is 1.81 bits per heavy atom. The number of carbonyl (C=O) groups is 1. The first-order valence-electron chi connectivity index (χ1n) is 10.4. The maximum absolute atomic E-state index is 12.8. The minimum atomic E-state index is -0.416. The van der Waals surface area contributed by atoms with Crippen LogP contribution >= 0.6 is 0 Å². The lowest BCUT2D eigenvalue weighted by atomic mass is 10.0. The van der Waals surface area contributed by atoms with Crippen LogP contribution in [0.25, 0.3) is 11.1 Å². The summed E-state index contributed by atoms with van der Waals surface area (Å²) in [6.45, 7) is 0.557. The molecular formula is C24H22N6O2. The molecule has 0 saturated heterocycles. The van der Waals surface area contributed by atoms with Crippen LogP contribution in [-0.4, -0.2) is 30.2 Å². The lowest BCUT2D eigenvalue weighted by molar-refractivity contribution is 0.0920. The molecule has 32 heavy (non-hydrogen) atoms. The Morgan fingerprint density at radius 3 is 2.53 bits per heavy atom. The van der Waals surface area contributed by atoms with Gasteiger partial charge in [-0.15, -0.1) is 5.10 Å². The highest BCUT2D eigenvalue weighted by atomic mass is 16.2. The van der Waals surface area contributed by atoms with Gasteiger partial charge >= 0.3 is 0 Å². The number of aromatic nitrogens is 5. The van der Waals surface area contributed by atoms with Crippen molar-refractivity contribution in [3.05, 3.63) is 101 Å². The maximum Gasteiger partial charge on any atom is 0.291 e. The van der Waals surface area contributed by atoms with Crippen molar-refractivity contribution < 1.29 is 4.79 Å². The predicted octanol–water partition coefficient (Wildman–Crippen LogP) is 2.51. The smallest absolute Gasteiger partial charge is 0.291 e. The second-order valence-corrected chi connectivity index (χ2v) is 8.09. The fourth-order valence-corrected chi connectivity index (χ4v) is 3.80. The average Bonchev–Trinajstić information content (AvgIpc) is 3.44. The third-order valence-electron chi connectivity index (χ3n) is 5.77. The highest BCUT2D eigenvalue weighted by molar-refractivity contribution is 5.91. The van der Waals surface area contributed by atoms with Crippen LogP contribution < -0.4 is 10.9 Å². The molecule has 1 aliphatic rings. The normalized spacial score (nSPS) is 14.2. The van der Waals surface area contributed by atoms with Gasteiger partial charge in [0, 0.05) is 13.2 Å². The number of nitrogens with one attached hydrogen (secondary N) is 1. The van der Waals surface area contributed by atoms with Gasteiger partial charge in [0.15, 0.2) is 0 Å². The van der Waals surface area contributed by atoms with Crippen LogP contribution in [0, 0.1) is 0 Å². The Kier molecular flexibility index (Phi) is 4.89. The summed E-state index contributed by atoms with van der Waals surface area (Å²) in [4.78, 5) is 33.4. The molecule has 8 nitrogen and oxygen atoms in total. The molecule has 0 aliphatic heterocycles. The van der Waals surface area contributed by atoms with E-state index in [2.05, 4.69) is 20.4 Å². The van der Waals surface area contributed by atoms with E-state index in [-0.39, 0.29) is 17.3 Å². The van der Waals surface area contributed by atoms with Gasteiger partial charge in [-0.25, -0.2) is 14.6 Å². The van der Waals surface area contributed by atoms with Crippen molar-refractivity contribution in [2.24, 2.45) is 7.05 Å². The van der Waals surface area contributed by atoms with Crippen LogP contribution in [0.1, 0.15) is 34.6 Å². The number of amides is 1. The topological polar surface area (TPSA) is 94.7 Å². The van der Waals surface area contributed by atoms with Crippen LogP contribution in [-0.2, 0) is 19.1 Å². The summed E-state index contributed by atoms with van der Waals surface area (Å²) < 4.78 is 3.11. The molecule has 2 aromatic heterocycles. The molecule has 4 aromatic rings. The molecule has 1 fully saturated rings. The summed E-state index contributed by atoms with van der Waals surface area (Å²) in [5.74, 6) is -0.137. The zero-order valence-electron chi connectivity index (χ0n) is 17.6. The van der Waals surface area contributed by atoms with Gasteiger partial charge in [0.05, 0.1) is 24.0 Å². The average molecular weight is 426 g/mol. The van der Waals surface area contributed by atoms with E-state index in [0.717, 1.165) is 29.5 Å². The van der Waals surface area contributed by atoms with Crippen molar-refractivity contribution in [1.29, 1.82) is 0 Å². The Morgan fingerprint density at radius 1 is 1.06 bits per heavy atom. The number of benzene rings is 2. The third-order valence-corrected chi connectivity index (χ3v) is 5.77. The lowest BCUT2D eigenvalue weighted by Crippen LogP contribution is -2.35. The molecule has 1 saturated carbocycles. The molecule has 160 valence electrons. The molecule has 1 aliphatic carbocycles. The van der Waals surface area contributed by atoms with E-state index >= 15 is 0 Å². The molecule has 0 bridgehead atoms. The van der Waals surface area contributed by atoms with Crippen molar-refractivity contribution in [2.45, 2.75) is 24.9 Å². The van der Waals surface area contributed by atoms with E-state index in [1.54, 1.807) is 24.3 Å². The first-order chi connectivity index (χ1) is 15.5. The molecule has 0 radical (unpaired) electrons. The number of hydrogen-bond donors (Lipinski definition) is 1. The Labute approximate surface area is 184 Å². The van der Waals surface area contributed by atoms with E-state index in [0.29, 0.717) is 12.1 Å². The molecule has 1 N–H and O–H groups in total. The van der Waals surface area contributed by atoms with Gasteiger partial charge in [0.25, 0.3) is 11.5 Å². The highest BCUT2D eigenvalue weighted by Gasteiger charge is 2.46. The SMILES string of the molecule is Cn1cncc(-c2ccc(C3(NC(=O)c4ncn(Cc5ccccc5)n4)CC3)cc2)c1=O. The fourth-order valence-electron chi connectivity index (χ4n) is 3.80. The molecular weight excluding hydrogens is 404 g/mol. The molecule has 1 amide bonds. The van der Waals surface area contributed by atoms with E-state index in [9.17, 15) is 9.59 Å². The van der Waals surface area contributed by atoms with Gasteiger partial charge in [0.2, 0.25) is 5.82 Å². The second-order valence-electron chi connectivity index (χ2n) is 8.09. The number of rotatable bonds is 6. The van der Waals surface area contributed by atoms with E-state index in [1.165, 1.54) is 10.9 Å². The molecule has 0 atom stereocenters. The van der Waals surface area contributed by atoms with Crippen molar-refractivity contribution in [3.8, 4) is 11.1 Å². The Hall–Kier alpha value is -4.07. The molecule has 2 heterocycles. The fraction of sp³-hybridized carbons (Fsp3) is 0.208. The van der Waals surface area contributed by atoms with Crippen LogP contribution in [0.3, 0.4) is 0 Å². The van der Waals surface area contributed by atoms with Crippen LogP contribution in [0.4, 0.5) is 0 Å². The number of nitrogens with zero attached hydrogens (tertiary/aromatic N) is 5. The van der Waals surface area contributed by atoms with Crippen LogP contribution in [0.2, 0.25) is 0 Å². The number of aryl methyl sites for hydroxylation is 1. The Bertz CT molecular complexity index is 1320. The third kappa shape index (κ3) is 3.82. The monoisotopic (exact) mass is 426 g/mol. The van der Waals surface area contributed by atoms with Crippen LogP contribution in [0.15, 0.2) is 78.2 Å². The summed E-state index contributed by atoms with van der Waals surface area (Å²) in [7, 11) is 1.68. The van der Waals surface area contributed by atoms with Crippen molar-refractivity contribution in [1.82, 2.24) is 29.6 Å².